The lowest BCUT2D eigenvalue weighted by molar-refractivity contribution is -0.384. The lowest BCUT2D eigenvalue weighted by Gasteiger charge is -2.13. The minimum atomic E-state index is -3.77. The van der Waals surface area contributed by atoms with Crippen molar-refractivity contribution in [3.8, 4) is 0 Å². The third-order valence-electron chi connectivity index (χ3n) is 3.99. The molecule has 0 amide bonds. The molecule has 0 fully saturated rings. The molecule has 1 unspecified atom stereocenters. The highest BCUT2D eigenvalue weighted by molar-refractivity contribution is 7.89. The van der Waals surface area contributed by atoms with E-state index in [1.165, 1.54) is 19.2 Å². The number of sulfonamides is 1. The lowest BCUT2D eigenvalue weighted by atomic mass is 10.2. The van der Waals surface area contributed by atoms with E-state index in [1.54, 1.807) is 6.92 Å². The first-order chi connectivity index (χ1) is 12.3. The fraction of sp³-hybridized carbons (Fsp3) is 0.176. The molecule has 2 aromatic carbocycles. The van der Waals surface area contributed by atoms with Crippen LogP contribution in [0.2, 0.25) is 0 Å². The zero-order chi connectivity index (χ0) is 18.9. The summed E-state index contributed by atoms with van der Waals surface area (Å²) >= 11 is 0. The van der Waals surface area contributed by atoms with Crippen LogP contribution in [0.4, 0.5) is 11.4 Å². The summed E-state index contributed by atoms with van der Waals surface area (Å²) in [4.78, 5) is 10.6. The van der Waals surface area contributed by atoms with E-state index in [4.69, 9.17) is 4.42 Å². The quantitative estimate of drug-likeness (QED) is 0.504. The van der Waals surface area contributed by atoms with Gasteiger partial charge in [0.25, 0.3) is 5.69 Å². The molecule has 3 aromatic rings. The van der Waals surface area contributed by atoms with Crippen molar-refractivity contribution in [3.63, 3.8) is 0 Å². The number of rotatable bonds is 6. The summed E-state index contributed by atoms with van der Waals surface area (Å²) in [6, 6.07) is 12.7. The number of fused-ring (bicyclic) bond motifs is 1. The van der Waals surface area contributed by atoms with E-state index in [-0.39, 0.29) is 22.3 Å². The number of nitrogens with zero attached hydrogens (tertiary/aromatic N) is 1. The maximum Gasteiger partial charge on any atom is 0.293 e. The minimum absolute atomic E-state index is 0.173. The Morgan fingerprint density at radius 3 is 2.54 bits per heavy atom. The number of nitro benzene ring substituents is 1. The Bertz CT molecular complexity index is 1040. The molecule has 8 nitrogen and oxygen atoms in total. The second kappa shape index (κ2) is 6.77. The van der Waals surface area contributed by atoms with Crippen LogP contribution in [0.15, 0.2) is 57.8 Å². The summed E-state index contributed by atoms with van der Waals surface area (Å²) in [6.45, 7) is 1.81. The molecule has 9 heteroatoms. The Morgan fingerprint density at radius 2 is 1.88 bits per heavy atom. The zero-order valence-electron chi connectivity index (χ0n) is 14.1. The number of nitro groups is 1. The van der Waals surface area contributed by atoms with Crippen molar-refractivity contribution < 1.29 is 17.8 Å². The maximum atomic E-state index is 11.9. The third kappa shape index (κ3) is 3.39. The molecule has 0 saturated carbocycles. The van der Waals surface area contributed by atoms with Crippen molar-refractivity contribution in [1.82, 2.24) is 4.72 Å². The molecule has 0 aliphatic rings. The first-order valence-electron chi connectivity index (χ1n) is 7.79. The van der Waals surface area contributed by atoms with Crippen molar-refractivity contribution in [2.24, 2.45) is 0 Å². The van der Waals surface area contributed by atoms with E-state index in [0.29, 0.717) is 5.76 Å². The molecule has 3 rings (SSSR count). The highest BCUT2D eigenvalue weighted by Crippen LogP contribution is 2.32. The average molecular weight is 375 g/mol. The molecule has 0 radical (unpaired) electrons. The van der Waals surface area contributed by atoms with Crippen molar-refractivity contribution in [2.45, 2.75) is 17.9 Å². The van der Waals surface area contributed by atoms with Gasteiger partial charge in [-0.3, -0.25) is 10.1 Å². The van der Waals surface area contributed by atoms with Crippen LogP contribution in [-0.4, -0.2) is 20.4 Å². The highest BCUT2D eigenvalue weighted by Gasteiger charge is 2.22. The van der Waals surface area contributed by atoms with Gasteiger partial charge in [-0.2, -0.15) is 0 Å². The topological polar surface area (TPSA) is 114 Å². The normalized spacial score (nSPS) is 12.8. The number of hydrogen-bond donors (Lipinski definition) is 2. The second-order valence-corrected chi connectivity index (χ2v) is 7.58. The van der Waals surface area contributed by atoms with Crippen LogP contribution < -0.4 is 10.0 Å². The zero-order valence-corrected chi connectivity index (χ0v) is 14.9. The summed E-state index contributed by atoms with van der Waals surface area (Å²) in [5.41, 5.74) is 0.600. The number of nitrogens with one attached hydrogen (secondary N) is 2. The summed E-state index contributed by atoms with van der Waals surface area (Å²) in [7, 11) is -2.52. The molecule has 26 heavy (non-hydrogen) atoms. The van der Waals surface area contributed by atoms with E-state index in [2.05, 4.69) is 10.0 Å². The molecule has 1 aromatic heterocycles. The Hall–Kier alpha value is -2.91. The number of anilines is 1. The Balaban J connectivity index is 1.94. The summed E-state index contributed by atoms with van der Waals surface area (Å²) < 4.78 is 31.6. The van der Waals surface area contributed by atoms with Gasteiger partial charge in [0.2, 0.25) is 10.0 Å². The molecule has 2 N–H and O–H groups in total. The van der Waals surface area contributed by atoms with Gasteiger partial charge in [0.05, 0.1) is 15.9 Å². The standard InChI is InChI=1S/C17H17N3O5S/c1-11(17-9-12-5-3-4-6-16(12)25-17)19-14-8-7-13(26(23,24)18-2)10-15(14)20(21)22/h3-11,18-19H,1-2H3. The van der Waals surface area contributed by atoms with Crippen LogP contribution in [-0.2, 0) is 10.0 Å². The summed E-state index contributed by atoms with van der Waals surface area (Å²) in [5, 5.41) is 15.3. The number of para-hydroxylation sites is 1. The Labute approximate surface area is 150 Å². The van der Waals surface area contributed by atoms with E-state index in [0.717, 1.165) is 17.0 Å². The summed E-state index contributed by atoms with van der Waals surface area (Å²) in [5.74, 6) is 0.618. The van der Waals surface area contributed by atoms with Gasteiger partial charge in [0.1, 0.15) is 17.0 Å². The monoisotopic (exact) mass is 375 g/mol. The SMILES string of the molecule is CNS(=O)(=O)c1ccc(NC(C)c2cc3ccccc3o2)c([N+](=O)[O-])c1. The highest BCUT2D eigenvalue weighted by atomic mass is 32.2. The number of furan rings is 1. The number of benzene rings is 2. The van der Waals surface area contributed by atoms with E-state index in [9.17, 15) is 18.5 Å². The molecule has 0 bridgehead atoms. The molecular formula is C17H17N3O5S. The fourth-order valence-electron chi connectivity index (χ4n) is 2.59. The lowest BCUT2D eigenvalue weighted by Crippen LogP contribution is -2.19. The predicted molar refractivity (Wildman–Crippen MR) is 97.6 cm³/mol. The summed E-state index contributed by atoms with van der Waals surface area (Å²) in [6.07, 6.45) is 0. The van der Waals surface area contributed by atoms with E-state index in [1.807, 2.05) is 30.3 Å². The molecule has 0 aliphatic carbocycles. The van der Waals surface area contributed by atoms with Crippen LogP contribution in [0.3, 0.4) is 0 Å². The van der Waals surface area contributed by atoms with Crippen LogP contribution in [0.25, 0.3) is 11.0 Å². The van der Waals surface area contributed by atoms with Crippen LogP contribution in [0, 0.1) is 10.1 Å². The van der Waals surface area contributed by atoms with Crippen LogP contribution in [0.5, 0.6) is 0 Å². The maximum absolute atomic E-state index is 11.9. The molecule has 0 spiro atoms. The first-order valence-corrected chi connectivity index (χ1v) is 9.27. The molecule has 0 aliphatic heterocycles. The predicted octanol–water partition coefficient (Wildman–Crippen LogP) is 3.42. The molecule has 0 saturated heterocycles. The third-order valence-corrected chi connectivity index (χ3v) is 5.40. The first kappa shape index (κ1) is 17.9. The molecule has 1 atom stereocenters. The second-order valence-electron chi connectivity index (χ2n) is 5.70. The van der Waals surface area contributed by atoms with Gasteiger partial charge in [0.15, 0.2) is 0 Å². The van der Waals surface area contributed by atoms with Crippen molar-refractivity contribution in [3.05, 3.63) is 64.4 Å². The van der Waals surface area contributed by atoms with Gasteiger partial charge in [-0.1, -0.05) is 18.2 Å². The molecule has 136 valence electrons. The Morgan fingerprint density at radius 1 is 1.15 bits per heavy atom. The van der Waals surface area contributed by atoms with Crippen molar-refractivity contribution in [1.29, 1.82) is 0 Å². The van der Waals surface area contributed by atoms with Gasteiger partial charge in [-0.15, -0.1) is 0 Å². The van der Waals surface area contributed by atoms with Crippen molar-refractivity contribution >= 4 is 32.4 Å². The van der Waals surface area contributed by atoms with Gasteiger partial charge in [-0.05, 0) is 38.2 Å². The number of hydrogen-bond acceptors (Lipinski definition) is 6. The van der Waals surface area contributed by atoms with Crippen LogP contribution in [0.1, 0.15) is 18.7 Å². The van der Waals surface area contributed by atoms with Gasteiger partial charge in [0, 0.05) is 11.5 Å². The Kier molecular flexibility index (Phi) is 4.66. The van der Waals surface area contributed by atoms with E-state index < -0.39 is 14.9 Å². The van der Waals surface area contributed by atoms with Gasteiger partial charge < -0.3 is 9.73 Å². The smallest absolute Gasteiger partial charge is 0.293 e. The van der Waals surface area contributed by atoms with Crippen LogP contribution >= 0.6 is 0 Å². The van der Waals surface area contributed by atoms with Gasteiger partial charge in [-0.25, -0.2) is 13.1 Å². The minimum Gasteiger partial charge on any atom is -0.459 e. The van der Waals surface area contributed by atoms with Gasteiger partial charge >= 0.3 is 0 Å². The van der Waals surface area contributed by atoms with Crippen molar-refractivity contribution in [2.75, 3.05) is 12.4 Å². The molecule has 1 heterocycles. The fourth-order valence-corrected chi connectivity index (χ4v) is 3.34. The molecular weight excluding hydrogens is 358 g/mol. The average Bonchev–Trinajstić information content (AvgIpc) is 3.06. The van der Waals surface area contributed by atoms with E-state index >= 15 is 0 Å². The largest absolute Gasteiger partial charge is 0.459 e.